The van der Waals surface area contributed by atoms with E-state index in [1.54, 1.807) is 18.4 Å². The van der Waals surface area contributed by atoms with Crippen molar-refractivity contribution in [1.29, 1.82) is 0 Å². The van der Waals surface area contributed by atoms with Crippen LogP contribution in [-0.2, 0) is 11.3 Å². The first kappa shape index (κ1) is 20.3. The summed E-state index contributed by atoms with van der Waals surface area (Å²) < 4.78 is 5.15. The number of ether oxygens (including phenoxy) is 1. The monoisotopic (exact) mass is 401 g/mol. The van der Waals surface area contributed by atoms with Crippen LogP contribution in [0.5, 0.6) is 5.75 Å². The number of carbonyl (C=O) groups excluding carboxylic acids is 2. The molecule has 0 saturated carbocycles. The van der Waals surface area contributed by atoms with Crippen molar-refractivity contribution < 1.29 is 14.3 Å². The summed E-state index contributed by atoms with van der Waals surface area (Å²) in [6.45, 7) is 5.69. The lowest BCUT2D eigenvalue weighted by Crippen LogP contribution is -2.37. The summed E-state index contributed by atoms with van der Waals surface area (Å²) >= 11 is 1.65. The number of amides is 2. The van der Waals surface area contributed by atoms with Crippen molar-refractivity contribution in [1.82, 2.24) is 15.2 Å². The molecule has 3 rings (SSSR count). The Hall–Kier alpha value is -2.41. The Labute approximate surface area is 169 Å². The fourth-order valence-corrected chi connectivity index (χ4v) is 4.21. The largest absolute Gasteiger partial charge is 0.497 e. The van der Waals surface area contributed by atoms with Crippen molar-refractivity contribution in [3.63, 3.8) is 0 Å². The van der Waals surface area contributed by atoms with Gasteiger partial charge in [-0.2, -0.15) is 0 Å². The zero-order valence-corrected chi connectivity index (χ0v) is 17.4. The molecule has 0 radical (unpaired) electrons. The molecule has 0 bridgehead atoms. The lowest BCUT2D eigenvalue weighted by atomic mass is 9.97. The van der Waals surface area contributed by atoms with Crippen LogP contribution in [0.2, 0.25) is 0 Å². The summed E-state index contributed by atoms with van der Waals surface area (Å²) in [7, 11) is 1.61. The number of likely N-dealkylation sites (tertiary alicyclic amines) is 1. The van der Waals surface area contributed by atoms with Gasteiger partial charge in [0.2, 0.25) is 5.91 Å². The van der Waals surface area contributed by atoms with Crippen LogP contribution in [0.1, 0.15) is 53.7 Å². The molecule has 7 heteroatoms. The second kappa shape index (κ2) is 9.19. The van der Waals surface area contributed by atoms with E-state index in [9.17, 15) is 9.59 Å². The van der Waals surface area contributed by atoms with E-state index in [1.165, 1.54) is 0 Å². The Morgan fingerprint density at radius 1 is 1.25 bits per heavy atom. The van der Waals surface area contributed by atoms with Crippen LogP contribution in [0.3, 0.4) is 0 Å². The number of piperidine rings is 1. The Bertz CT molecular complexity index is 809. The molecule has 1 fully saturated rings. The number of carbonyl (C=O) groups is 2. The minimum Gasteiger partial charge on any atom is -0.497 e. The van der Waals surface area contributed by atoms with E-state index in [1.807, 2.05) is 48.4 Å². The number of nitrogens with zero attached hydrogens (tertiary/aromatic N) is 2. The lowest BCUT2D eigenvalue weighted by Gasteiger charge is -2.31. The fourth-order valence-electron chi connectivity index (χ4n) is 3.22. The van der Waals surface area contributed by atoms with Crippen LogP contribution in [0, 0.1) is 5.92 Å². The summed E-state index contributed by atoms with van der Waals surface area (Å²) in [6, 6.07) is 7.25. The fraction of sp³-hybridized carbons (Fsp3) is 0.476. The second-order valence-corrected chi connectivity index (χ2v) is 8.23. The third-order valence-corrected chi connectivity index (χ3v) is 6.06. The van der Waals surface area contributed by atoms with Crippen molar-refractivity contribution in [2.75, 3.05) is 20.2 Å². The number of methoxy groups -OCH3 is 1. The minimum absolute atomic E-state index is 0.0225. The van der Waals surface area contributed by atoms with E-state index in [2.05, 4.69) is 5.32 Å². The van der Waals surface area contributed by atoms with Gasteiger partial charge < -0.3 is 15.0 Å². The molecule has 0 spiro atoms. The van der Waals surface area contributed by atoms with E-state index in [0.29, 0.717) is 18.0 Å². The highest BCUT2D eigenvalue weighted by molar-refractivity contribution is 7.09. The summed E-state index contributed by atoms with van der Waals surface area (Å²) in [5.74, 6) is 1.21. The third-order valence-electron chi connectivity index (χ3n) is 5.01. The Kier molecular flexibility index (Phi) is 6.67. The van der Waals surface area contributed by atoms with Gasteiger partial charge in [-0.25, -0.2) is 4.98 Å². The van der Waals surface area contributed by atoms with Crippen LogP contribution in [0.4, 0.5) is 0 Å². The predicted molar refractivity (Wildman–Crippen MR) is 110 cm³/mol. The molecule has 150 valence electrons. The molecule has 1 N–H and O–H groups in total. The molecular weight excluding hydrogens is 374 g/mol. The number of hydrogen-bond acceptors (Lipinski definition) is 5. The van der Waals surface area contributed by atoms with E-state index in [-0.39, 0.29) is 17.7 Å². The van der Waals surface area contributed by atoms with Gasteiger partial charge in [0.25, 0.3) is 5.91 Å². The van der Waals surface area contributed by atoms with E-state index in [4.69, 9.17) is 9.72 Å². The Balaban J connectivity index is 1.52. The predicted octanol–water partition coefficient (Wildman–Crippen LogP) is 3.44. The molecule has 6 nitrogen and oxygen atoms in total. The normalized spacial score (nSPS) is 14.9. The second-order valence-electron chi connectivity index (χ2n) is 7.34. The van der Waals surface area contributed by atoms with Crippen molar-refractivity contribution in [3.8, 4) is 5.75 Å². The molecule has 2 heterocycles. The first-order chi connectivity index (χ1) is 13.5. The van der Waals surface area contributed by atoms with Crippen molar-refractivity contribution >= 4 is 23.2 Å². The average Bonchev–Trinajstić information content (AvgIpc) is 3.20. The minimum atomic E-state index is -0.0225. The lowest BCUT2D eigenvalue weighted by molar-refractivity contribution is -0.124. The molecule has 28 heavy (non-hydrogen) atoms. The zero-order valence-electron chi connectivity index (χ0n) is 16.6. The number of rotatable bonds is 6. The van der Waals surface area contributed by atoms with E-state index >= 15 is 0 Å². The number of thiazole rings is 1. The van der Waals surface area contributed by atoms with Crippen LogP contribution in [0.25, 0.3) is 0 Å². The van der Waals surface area contributed by atoms with Gasteiger partial charge in [-0.05, 0) is 37.1 Å². The molecule has 0 atom stereocenters. The summed E-state index contributed by atoms with van der Waals surface area (Å²) in [5, 5.41) is 6.03. The van der Waals surface area contributed by atoms with Gasteiger partial charge in [-0.1, -0.05) is 13.8 Å². The maximum Gasteiger partial charge on any atom is 0.253 e. The molecule has 1 saturated heterocycles. The Morgan fingerprint density at radius 2 is 1.93 bits per heavy atom. The van der Waals surface area contributed by atoms with Gasteiger partial charge in [0.1, 0.15) is 5.75 Å². The molecule has 1 aliphatic heterocycles. The summed E-state index contributed by atoms with van der Waals surface area (Å²) in [4.78, 5) is 31.0. The number of aromatic nitrogens is 1. The van der Waals surface area contributed by atoms with Crippen molar-refractivity contribution in [2.24, 2.45) is 5.92 Å². The highest BCUT2D eigenvalue weighted by atomic mass is 32.1. The maximum atomic E-state index is 12.7. The highest BCUT2D eigenvalue weighted by Gasteiger charge is 2.26. The molecule has 1 aromatic heterocycles. The van der Waals surface area contributed by atoms with Gasteiger partial charge in [-0.15, -0.1) is 11.3 Å². The molecule has 1 aliphatic rings. The molecule has 1 aromatic carbocycles. The van der Waals surface area contributed by atoms with Crippen LogP contribution < -0.4 is 10.1 Å². The van der Waals surface area contributed by atoms with Crippen molar-refractivity contribution in [2.45, 2.75) is 39.2 Å². The number of benzene rings is 1. The molecule has 2 aromatic rings. The van der Waals surface area contributed by atoms with Gasteiger partial charge in [-0.3, -0.25) is 9.59 Å². The summed E-state index contributed by atoms with van der Waals surface area (Å²) in [5.41, 5.74) is 1.60. The van der Waals surface area contributed by atoms with Crippen LogP contribution >= 0.6 is 11.3 Å². The van der Waals surface area contributed by atoms with Crippen molar-refractivity contribution in [3.05, 3.63) is 45.9 Å². The van der Waals surface area contributed by atoms with Gasteiger partial charge in [0, 0.05) is 35.9 Å². The number of hydrogen-bond donors (Lipinski definition) is 1. The Morgan fingerprint density at radius 3 is 2.54 bits per heavy atom. The first-order valence-electron chi connectivity index (χ1n) is 9.63. The maximum absolute atomic E-state index is 12.7. The standard InChI is InChI=1S/C21H27N3O3S/c1-14(2)19(25)22-12-17-13-28-20(23-17)15-8-10-24(11-9-15)21(26)16-4-6-18(27-3)7-5-16/h4-7,13-15H,8-12H2,1-3H3,(H,22,25). The van der Waals surface area contributed by atoms with E-state index < -0.39 is 0 Å². The molecule has 2 amide bonds. The number of nitrogens with one attached hydrogen (secondary N) is 1. The van der Waals surface area contributed by atoms with Gasteiger partial charge in [0.05, 0.1) is 24.4 Å². The average molecular weight is 402 g/mol. The molecule has 0 unspecified atom stereocenters. The van der Waals surface area contributed by atoms with Crippen LogP contribution in [0.15, 0.2) is 29.6 Å². The molecular formula is C21H27N3O3S. The van der Waals surface area contributed by atoms with E-state index in [0.717, 1.165) is 42.4 Å². The highest BCUT2D eigenvalue weighted by Crippen LogP contribution is 2.31. The topological polar surface area (TPSA) is 71.5 Å². The molecule has 0 aliphatic carbocycles. The first-order valence-corrected chi connectivity index (χ1v) is 10.5. The quantitative estimate of drug-likeness (QED) is 0.805. The summed E-state index contributed by atoms with van der Waals surface area (Å²) in [6.07, 6.45) is 1.82. The third kappa shape index (κ3) is 4.90. The smallest absolute Gasteiger partial charge is 0.253 e. The zero-order chi connectivity index (χ0) is 20.1. The van der Waals surface area contributed by atoms with Crippen LogP contribution in [-0.4, -0.2) is 41.9 Å². The van der Waals surface area contributed by atoms with Gasteiger partial charge >= 0.3 is 0 Å². The van der Waals surface area contributed by atoms with Gasteiger partial charge in [0.15, 0.2) is 0 Å². The SMILES string of the molecule is COc1ccc(C(=O)N2CCC(c3nc(CNC(=O)C(C)C)cs3)CC2)cc1.